The maximum absolute atomic E-state index is 6.08. The largest absolute Gasteiger partial charge is 0.474 e. The molecule has 0 saturated heterocycles. The lowest BCUT2D eigenvalue weighted by Crippen LogP contribution is -2.28. The average Bonchev–Trinajstić information content (AvgIpc) is 2.32. The van der Waals surface area contributed by atoms with Gasteiger partial charge in [0.05, 0.1) is 0 Å². The first kappa shape index (κ1) is 14.3. The maximum atomic E-state index is 6.08. The lowest BCUT2D eigenvalue weighted by Gasteiger charge is -2.34. The molecule has 1 N–H and O–H groups in total. The van der Waals surface area contributed by atoms with Gasteiger partial charge in [-0.15, -0.1) is 0 Å². The Kier molecular flexibility index (Phi) is 4.46. The number of nitrogens with zero attached hydrogens (tertiary/aromatic N) is 1. The van der Waals surface area contributed by atoms with Crippen LogP contribution >= 0.6 is 0 Å². The predicted molar refractivity (Wildman–Crippen MR) is 78.4 cm³/mol. The first-order chi connectivity index (χ1) is 8.98. The van der Waals surface area contributed by atoms with Crippen molar-refractivity contribution in [1.29, 1.82) is 0 Å². The van der Waals surface area contributed by atoms with E-state index in [0.29, 0.717) is 11.5 Å². The van der Waals surface area contributed by atoms with Gasteiger partial charge in [-0.1, -0.05) is 13.8 Å². The Bertz CT molecular complexity index is 419. The lowest BCUT2D eigenvalue weighted by atomic mass is 9.76. The quantitative estimate of drug-likeness (QED) is 0.902. The molecule has 0 aliphatic heterocycles. The van der Waals surface area contributed by atoms with E-state index < -0.39 is 0 Å². The van der Waals surface area contributed by atoms with Crippen molar-refractivity contribution in [1.82, 2.24) is 10.3 Å². The molecule has 0 amide bonds. The highest BCUT2D eigenvalue weighted by Crippen LogP contribution is 2.36. The SMILES string of the molecule is CNCc1cc(C)nc(OC2CCC(C)(C)CC2)c1. The maximum Gasteiger partial charge on any atom is 0.214 e. The van der Waals surface area contributed by atoms with Crippen LogP contribution in [0.25, 0.3) is 0 Å². The number of hydrogen-bond donors (Lipinski definition) is 1. The summed E-state index contributed by atoms with van der Waals surface area (Å²) < 4.78 is 6.08. The summed E-state index contributed by atoms with van der Waals surface area (Å²) in [5, 5.41) is 3.17. The molecule has 0 bridgehead atoms. The molecule has 106 valence electrons. The molecule has 0 aromatic carbocycles. The summed E-state index contributed by atoms with van der Waals surface area (Å²) >= 11 is 0. The molecule has 1 fully saturated rings. The summed E-state index contributed by atoms with van der Waals surface area (Å²) in [6, 6.07) is 4.16. The zero-order valence-corrected chi connectivity index (χ0v) is 12.6. The van der Waals surface area contributed by atoms with Crippen LogP contribution in [0.5, 0.6) is 5.88 Å². The smallest absolute Gasteiger partial charge is 0.214 e. The van der Waals surface area contributed by atoms with Gasteiger partial charge in [0, 0.05) is 18.3 Å². The molecule has 0 spiro atoms. The summed E-state index contributed by atoms with van der Waals surface area (Å²) in [6.45, 7) is 7.58. The van der Waals surface area contributed by atoms with E-state index in [0.717, 1.165) is 31.0 Å². The van der Waals surface area contributed by atoms with Crippen molar-refractivity contribution in [2.24, 2.45) is 5.41 Å². The number of nitrogens with one attached hydrogen (secondary N) is 1. The molecular weight excluding hydrogens is 236 g/mol. The fourth-order valence-corrected chi connectivity index (χ4v) is 2.73. The van der Waals surface area contributed by atoms with Crippen LogP contribution in [0.3, 0.4) is 0 Å². The number of aryl methyl sites for hydroxylation is 1. The number of ether oxygens (including phenoxy) is 1. The van der Waals surface area contributed by atoms with Gasteiger partial charge in [-0.2, -0.15) is 0 Å². The summed E-state index contributed by atoms with van der Waals surface area (Å²) in [6.07, 6.45) is 5.11. The van der Waals surface area contributed by atoms with E-state index >= 15 is 0 Å². The van der Waals surface area contributed by atoms with Gasteiger partial charge < -0.3 is 10.1 Å². The van der Waals surface area contributed by atoms with E-state index in [4.69, 9.17) is 4.74 Å². The van der Waals surface area contributed by atoms with Gasteiger partial charge in [0.1, 0.15) is 6.10 Å². The van der Waals surface area contributed by atoms with Crippen molar-refractivity contribution in [3.8, 4) is 5.88 Å². The number of rotatable bonds is 4. The molecular formula is C16H26N2O. The predicted octanol–water partition coefficient (Wildman–Crippen LogP) is 3.46. The van der Waals surface area contributed by atoms with Crippen molar-refractivity contribution >= 4 is 0 Å². The Hall–Kier alpha value is -1.09. The van der Waals surface area contributed by atoms with Crippen LogP contribution in [0.4, 0.5) is 0 Å². The van der Waals surface area contributed by atoms with Gasteiger partial charge in [-0.05, 0) is 56.7 Å². The van der Waals surface area contributed by atoms with Crippen LogP contribution in [0, 0.1) is 12.3 Å². The summed E-state index contributed by atoms with van der Waals surface area (Å²) in [5.74, 6) is 0.787. The molecule has 1 aromatic rings. The third kappa shape index (κ3) is 4.20. The molecule has 0 atom stereocenters. The monoisotopic (exact) mass is 262 g/mol. The van der Waals surface area contributed by atoms with Gasteiger partial charge in [-0.3, -0.25) is 0 Å². The lowest BCUT2D eigenvalue weighted by molar-refractivity contribution is 0.0947. The fourth-order valence-electron chi connectivity index (χ4n) is 2.73. The molecule has 3 nitrogen and oxygen atoms in total. The third-order valence-corrected chi connectivity index (χ3v) is 3.94. The zero-order valence-electron chi connectivity index (χ0n) is 12.6. The van der Waals surface area contributed by atoms with E-state index in [2.05, 4.69) is 36.3 Å². The molecule has 0 radical (unpaired) electrons. The van der Waals surface area contributed by atoms with Gasteiger partial charge in [-0.25, -0.2) is 4.98 Å². The normalized spacial score (nSPS) is 19.4. The van der Waals surface area contributed by atoms with Crippen LogP contribution in [0.2, 0.25) is 0 Å². The first-order valence-corrected chi connectivity index (χ1v) is 7.27. The highest BCUT2D eigenvalue weighted by Gasteiger charge is 2.28. The summed E-state index contributed by atoms with van der Waals surface area (Å²) in [4.78, 5) is 4.50. The van der Waals surface area contributed by atoms with Crippen molar-refractivity contribution in [3.05, 3.63) is 23.4 Å². The minimum atomic E-state index is 0.338. The summed E-state index contributed by atoms with van der Waals surface area (Å²) in [7, 11) is 1.96. The van der Waals surface area contributed by atoms with Crippen LogP contribution < -0.4 is 10.1 Å². The van der Waals surface area contributed by atoms with Crippen molar-refractivity contribution < 1.29 is 4.74 Å². The molecule has 1 aromatic heterocycles. The first-order valence-electron chi connectivity index (χ1n) is 7.27. The Morgan fingerprint density at radius 3 is 2.63 bits per heavy atom. The molecule has 19 heavy (non-hydrogen) atoms. The van der Waals surface area contributed by atoms with E-state index in [1.165, 1.54) is 18.4 Å². The van der Waals surface area contributed by atoms with Crippen LogP contribution in [-0.4, -0.2) is 18.1 Å². The molecule has 1 aliphatic rings. The second-order valence-corrected chi connectivity index (χ2v) is 6.47. The van der Waals surface area contributed by atoms with E-state index in [-0.39, 0.29) is 0 Å². The van der Waals surface area contributed by atoms with Crippen molar-refractivity contribution in [3.63, 3.8) is 0 Å². The average molecular weight is 262 g/mol. The zero-order chi connectivity index (χ0) is 13.9. The Balaban J connectivity index is 1.99. The van der Waals surface area contributed by atoms with Crippen molar-refractivity contribution in [2.75, 3.05) is 7.05 Å². The number of pyridine rings is 1. The van der Waals surface area contributed by atoms with Crippen LogP contribution in [-0.2, 0) is 6.54 Å². The molecule has 2 rings (SSSR count). The highest BCUT2D eigenvalue weighted by molar-refractivity contribution is 5.24. The minimum Gasteiger partial charge on any atom is -0.474 e. The molecule has 1 heterocycles. The van der Waals surface area contributed by atoms with Crippen LogP contribution in [0.1, 0.15) is 50.8 Å². The number of hydrogen-bond acceptors (Lipinski definition) is 3. The summed E-state index contributed by atoms with van der Waals surface area (Å²) in [5.41, 5.74) is 2.75. The molecule has 1 saturated carbocycles. The van der Waals surface area contributed by atoms with E-state index in [1.807, 2.05) is 14.0 Å². The standard InChI is InChI=1S/C16H26N2O/c1-12-9-13(11-17-4)10-15(18-12)19-14-5-7-16(2,3)8-6-14/h9-10,14,17H,5-8,11H2,1-4H3. The number of aromatic nitrogens is 1. The minimum absolute atomic E-state index is 0.338. The second kappa shape index (κ2) is 5.91. The Morgan fingerprint density at radius 1 is 1.32 bits per heavy atom. The Labute approximate surface area is 116 Å². The molecule has 3 heteroatoms. The van der Waals surface area contributed by atoms with Gasteiger partial charge >= 0.3 is 0 Å². The highest BCUT2D eigenvalue weighted by atomic mass is 16.5. The van der Waals surface area contributed by atoms with Gasteiger partial charge in [0.2, 0.25) is 5.88 Å². The van der Waals surface area contributed by atoms with Gasteiger partial charge in [0.15, 0.2) is 0 Å². The third-order valence-electron chi connectivity index (χ3n) is 3.94. The van der Waals surface area contributed by atoms with Crippen LogP contribution in [0.15, 0.2) is 12.1 Å². The fraction of sp³-hybridized carbons (Fsp3) is 0.688. The topological polar surface area (TPSA) is 34.2 Å². The Morgan fingerprint density at radius 2 is 2.00 bits per heavy atom. The second-order valence-electron chi connectivity index (χ2n) is 6.47. The van der Waals surface area contributed by atoms with Crippen molar-refractivity contribution in [2.45, 2.75) is 59.1 Å². The van der Waals surface area contributed by atoms with E-state index in [1.54, 1.807) is 0 Å². The molecule has 1 aliphatic carbocycles. The van der Waals surface area contributed by atoms with Gasteiger partial charge in [0.25, 0.3) is 0 Å². The molecule has 0 unspecified atom stereocenters. The van der Waals surface area contributed by atoms with E-state index in [9.17, 15) is 0 Å².